The summed E-state index contributed by atoms with van der Waals surface area (Å²) in [4.78, 5) is 4.26. The van der Waals surface area contributed by atoms with E-state index in [-0.39, 0.29) is 0 Å². The predicted molar refractivity (Wildman–Crippen MR) is 91.7 cm³/mol. The van der Waals surface area contributed by atoms with Gasteiger partial charge in [-0.2, -0.15) is 0 Å². The van der Waals surface area contributed by atoms with Gasteiger partial charge in [0.05, 0.1) is 12.2 Å². The Labute approximate surface area is 137 Å². The Hall–Kier alpha value is -2.30. The van der Waals surface area contributed by atoms with E-state index in [9.17, 15) is 0 Å². The zero-order chi connectivity index (χ0) is 16.2. The van der Waals surface area contributed by atoms with E-state index >= 15 is 0 Å². The Morgan fingerprint density at radius 2 is 2.17 bits per heavy atom. The summed E-state index contributed by atoms with van der Waals surface area (Å²) in [7, 11) is 1.78. The van der Waals surface area contributed by atoms with Crippen LogP contribution in [0, 0.1) is 0 Å². The molecule has 1 atom stereocenters. The quantitative estimate of drug-likeness (QED) is 0.658. The lowest BCUT2D eigenvalue weighted by atomic mass is 9.78. The van der Waals surface area contributed by atoms with E-state index in [1.165, 1.54) is 11.1 Å². The molecular formula is C18H24N4O. The Morgan fingerprint density at radius 1 is 1.35 bits per heavy atom. The number of aromatic nitrogens is 1. The fraction of sp³-hybridized carbons (Fsp3) is 0.444. The Morgan fingerprint density at radius 3 is 2.87 bits per heavy atom. The van der Waals surface area contributed by atoms with E-state index in [1.54, 1.807) is 7.05 Å². The molecule has 2 N–H and O–H groups in total. The van der Waals surface area contributed by atoms with Crippen molar-refractivity contribution < 1.29 is 4.52 Å². The van der Waals surface area contributed by atoms with Gasteiger partial charge in [-0.3, -0.25) is 4.99 Å². The second-order valence-corrected chi connectivity index (χ2v) is 6.28. The second kappa shape index (κ2) is 6.86. The average Bonchev–Trinajstić information content (AvgIpc) is 3.00. The Balaban J connectivity index is 1.47. The van der Waals surface area contributed by atoms with Gasteiger partial charge in [0.1, 0.15) is 0 Å². The largest absolute Gasteiger partial charge is 0.359 e. The third-order valence-corrected chi connectivity index (χ3v) is 4.30. The summed E-state index contributed by atoms with van der Waals surface area (Å²) < 4.78 is 5.33. The van der Waals surface area contributed by atoms with Crippen LogP contribution in [0.25, 0.3) is 0 Å². The summed E-state index contributed by atoms with van der Waals surface area (Å²) in [6.45, 7) is 5.68. The number of nitrogens with zero attached hydrogens (tertiary/aromatic N) is 2. The Bertz CT molecular complexity index is 690. The molecule has 0 saturated heterocycles. The van der Waals surface area contributed by atoms with Crippen molar-refractivity contribution in [2.75, 3.05) is 13.6 Å². The van der Waals surface area contributed by atoms with Crippen molar-refractivity contribution in [1.29, 1.82) is 0 Å². The lowest BCUT2D eigenvalue weighted by Crippen LogP contribution is -2.40. The monoisotopic (exact) mass is 312 g/mol. The lowest BCUT2D eigenvalue weighted by molar-refractivity contribution is 0.372. The van der Waals surface area contributed by atoms with E-state index in [2.05, 4.69) is 58.9 Å². The van der Waals surface area contributed by atoms with Crippen LogP contribution in [-0.2, 0) is 13.0 Å². The first-order chi connectivity index (χ1) is 11.2. The minimum Gasteiger partial charge on any atom is -0.359 e. The maximum atomic E-state index is 5.33. The van der Waals surface area contributed by atoms with E-state index in [0.29, 0.717) is 18.4 Å². The molecule has 0 aliphatic heterocycles. The highest BCUT2D eigenvalue weighted by Crippen LogP contribution is 2.33. The fourth-order valence-corrected chi connectivity index (χ4v) is 2.84. The minimum absolute atomic E-state index is 0.378. The molecular weight excluding hydrogens is 288 g/mol. The van der Waals surface area contributed by atoms with E-state index in [0.717, 1.165) is 30.4 Å². The maximum Gasteiger partial charge on any atom is 0.191 e. The number of aliphatic imine (C=N–C) groups is 1. The summed E-state index contributed by atoms with van der Waals surface area (Å²) in [6, 6.07) is 10.6. The second-order valence-electron chi connectivity index (χ2n) is 6.28. The average molecular weight is 312 g/mol. The van der Waals surface area contributed by atoms with Crippen LogP contribution >= 0.6 is 0 Å². The van der Waals surface area contributed by atoms with Crippen LogP contribution in [0.2, 0.25) is 0 Å². The van der Waals surface area contributed by atoms with Crippen LogP contribution in [0.15, 0.2) is 39.8 Å². The van der Waals surface area contributed by atoms with Crippen LogP contribution in [-0.4, -0.2) is 24.7 Å². The van der Waals surface area contributed by atoms with E-state index < -0.39 is 0 Å². The number of nitrogens with one attached hydrogen (secondary N) is 2. The van der Waals surface area contributed by atoms with Gasteiger partial charge in [-0.05, 0) is 23.5 Å². The number of hydrogen-bond donors (Lipinski definition) is 2. The number of guanidine groups is 1. The van der Waals surface area contributed by atoms with Crippen molar-refractivity contribution >= 4 is 5.96 Å². The molecule has 1 unspecified atom stereocenters. The SMILES string of the molecule is CN=C(NCc1cc(C(C)C)no1)NCC1Cc2ccccc21. The molecule has 2 aromatic rings. The first-order valence-electron chi connectivity index (χ1n) is 8.15. The predicted octanol–water partition coefficient (Wildman–Crippen LogP) is 2.80. The van der Waals surface area contributed by atoms with Crippen LogP contribution in [0.4, 0.5) is 0 Å². The Kier molecular flexibility index (Phi) is 4.65. The smallest absolute Gasteiger partial charge is 0.191 e. The molecule has 5 heteroatoms. The fourth-order valence-electron chi connectivity index (χ4n) is 2.84. The summed E-state index contributed by atoms with van der Waals surface area (Å²) >= 11 is 0. The van der Waals surface area contributed by atoms with E-state index in [4.69, 9.17) is 4.52 Å². The van der Waals surface area contributed by atoms with E-state index in [1.807, 2.05) is 6.07 Å². The third-order valence-electron chi connectivity index (χ3n) is 4.30. The highest BCUT2D eigenvalue weighted by atomic mass is 16.5. The van der Waals surface area contributed by atoms with Gasteiger partial charge < -0.3 is 15.2 Å². The zero-order valence-electron chi connectivity index (χ0n) is 14.0. The summed E-state index contributed by atoms with van der Waals surface area (Å²) in [6.07, 6.45) is 1.14. The van der Waals surface area contributed by atoms with Gasteiger partial charge in [-0.25, -0.2) is 0 Å². The summed E-state index contributed by atoms with van der Waals surface area (Å²) in [5, 5.41) is 10.7. The van der Waals surface area contributed by atoms with Crippen LogP contribution in [0.5, 0.6) is 0 Å². The van der Waals surface area contributed by atoms with Gasteiger partial charge in [0.15, 0.2) is 11.7 Å². The molecule has 0 fully saturated rings. The van der Waals surface area contributed by atoms with Gasteiger partial charge >= 0.3 is 0 Å². The highest BCUT2D eigenvalue weighted by Gasteiger charge is 2.25. The lowest BCUT2D eigenvalue weighted by Gasteiger charge is -2.30. The standard InChI is InChI=1S/C18H24N4O/c1-12(2)17-9-15(23-22-17)11-21-18(19-3)20-10-14-8-13-6-4-5-7-16(13)14/h4-7,9,12,14H,8,10-11H2,1-3H3,(H2,19,20,21). The normalized spacial score (nSPS) is 16.9. The molecule has 0 spiro atoms. The highest BCUT2D eigenvalue weighted by molar-refractivity contribution is 5.79. The first-order valence-corrected chi connectivity index (χ1v) is 8.15. The molecule has 0 saturated carbocycles. The molecule has 1 aromatic heterocycles. The van der Waals surface area contributed by atoms with Crippen LogP contribution in [0.3, 0.4) is 0 Å². The molecule has 23 heavy (non-hydrogen) atoms. The minimum atomic E-state index is 0.378. The third kappa shape index (κ3) is 3.55. The topological polar surface area (TPSA) is 62.5 Å². The molecule has 3 rings (SSSR count). The van der Waals surface area contributed by atoms with Gasteiger partial charge in [0, 0.05) is 25.6 Å². The molecule has 0 amide bonds. The molecule has 5 nitrogen and oxygen atoms in total. The number of hydrogen-bond acceptors (Lipinski definition) is 3. The maximum absolute atomic E-state index is 5.33. The molecule has 1 aromatic carbocycles. The van der Waals surface area contributed by atoms with Gasteiger partial charge in [0.25, 0.3) is 0 Å². The number of fused-ring (bicyclic) bond motifs is 1. The number of benzene rings is 1. The molecule has 0 bridgehead atoms. The summed E-state index contributed by atoms with van der Waals surface area (Å²) in [5.41, 5.74) is 3.90. The van der Waals surface area contributed by atoms with Crippen LogP contribution < -0.4 is 10.6 Å². The molecule has 1 aliphatic carbocycles. The van der Waals surface area contributed by atoms with Gasteiger partial charge in [0.2, 0.25) is 0 Å². The molecule has 122 valence electrons. The van der Waals surface area contributed by atoms with Gasteiger partial charge in [-0.1, -0.05) is 43.3 Å². The van der Waals surface area contributed by atoms with Crippen molar-refractivity contribution in [2.24, 2.45) is 4.99 Å². The molecule has 1 aliphatic rings. The van der Waals surface area contributed by atoms with Crippen molar-refractivity contribution in [3.8, 4) is 0 Å². The summed E-state index contributed by atoms with van der Waals surface area (Å²) in [5.74, 6) is 2.56. The molecule has 1 heterocycles. The zero-order valence-corrected chi connectivity index (χ0v) is 14.0. The number of rotatable bonds is 5. The van der Waals surface area contributed by atoms with Crippen molar-refractivity contribution in [3.63, 3.8) is 0 Å². The van der Waals surface area contributed by atoms with Crippen molar-refractivity contribution in [1.82, 2.24) is 15.8 Å². The van der Waals surface area contributed by atoms with Crippen LogP contribution in [0.1, 0.15) is 48.3 Å². The van der Waals surface area contributed by atoms with Crippen molar-refractivity contribution in [3.05, 3.63) is 52.9 Å². The first kappa shape index (κ1) is 15.6. The molecule has 0 radical (unpaired) electrons. The van der Waals surface area contributed by atoms with Crippen molar-refractivity contribution in [2.45, 2.75) is 38.6 Å². The van der Waals surface area contributed by atoms with Gasteiger partial charge in [-0.15, -0.1) is 0 Å².